The molecule has 8 nitrogen and oxygen atoms in total. The van der Waals surface area contributed by atoms with Crippen LogP contribution in [-0.2, 0) is 11.3 Å². The standard InChI is InChI=1S/C16H19N5O3S/c22-15(13-2-1-9-25-13)19-20-16(23)18-11-12-3-4-17-14(10-12)21-5-7-24-8-6-21/h1-4,9-10H,5-8,11H2,(H,19,22)(H2,18,20,23). The van der Waals surface area contributed by atoms with Gasteiger partial charge in [-0.1, -0.05) is 6.07 Å². The van der Waals surface area contributed by atoms with Crippen molar-refractivity contribution in [3.63, 3.8) is 0 Å². The van der Waals surface area contributed by atoms with Crippen molar-refractivity contribution in [3.8, 4) is 0 Å². The summed E-state index contributed by atoms with van der Waals surface area (Å²) in [6.07, 6.45) is 1.72. The molecule has 25 heavy (non-hydrogen) atoms. The molecular weight excluding hydrogens is 342 g/mol. The molecule has 3 N–H and O–H groups in total. The van der Waals surface area contributed by atoms with Gasteiger partial charge in [0.05, 0.1) is 18.1 Å². The number of rotatable bonds is 4. The van der Waals surface area contributed by atoms with Crippen LogP contribution in [0.15, 0.2) is 35.8 Å². The third-order valence-corrected chi connectivity index (χ3v) is 4.50. The van der Waals surface area contributed by atoms with Gasteiger partial charge in [0.2, 0.25) is 0 Å². The predicted octanol–water partition coefficient (Wildman–Crippen LogP) is 1.12. The van der Waals surface area contributed by atoms with Crippen LogP contribution in [0.1, 0.15) is 15.2 Å². The van der Waals surface area contributed by atoms with Crippen LogP contribution in [0.4, 0.5) is 10.6 Å². The van der Waals surface area contributed by atoms with Gasteiger partial charge < -0.3 is 15.0 Å². The Labute approximate surface area is 149 Å². The minimum Gasteiger partial charge on any atom is -0.378 e. The molecule has 0 saturated carbocycles. The molecule has 0 radical (unpaired) electrons. The topological polar surface area (TPSA) is 95.6 Å². The first-order valence-corrected chi connectivity index (χ1v) is 8.75. The third-order valence-electron chi connectivity index (χ3n) is 3.63. The summed E-state index contributed by atoms with van der Waals surface area (Å²) in [5, 5.41) is 4.49. The van der Waals surface area contributed by atoms with Crippen molar-refractivity contribution in [2.75, 3.05) is 31.2 Å². The first-order chi connectivity index (χ1) is 12.2. The number of thiophene rings is 1. The van der Waals surface area contributed by atoms with Gasteiger partial charge in [0.15, 0.2) is 0 Å². The molecular formula is C16H19N5O3S. The molecule has 0 unspecified atom stereocenters. The van der Waals surface area contributed by atoms with Gasteiger partial charge in [-0.05, 0) is 29.1 Å². The van der Waals surface area contributed by atoms with E-state index < -0.39 is 6.03 Å². The fourth-order valence-corrected chi connectivity index (χ4v) is 2.96. The fraction of sp³-hybridized carbons (Fsp3) is 0.312. The number of amides is 3. The van der Waals surface area contributed by atoms with Crippen LogP contribution in [0.3, 0.4) is 0 Å². The average molecular weight is 361 g/mol. The Hall–Kier alpha value is -2.65. The van der Waals surface area contributed by atoms with Crippen LogP contribution < -0.4 is 21.1 Å². The summed E-state index contributed by atoms with van der Waals surface area (Å²) < 4.78 is 5.33. The number of hydrogen-bond donors (Lipinski definition) is 3. The van der Waals surface area contributed by atoms with Gasteiger partial charge in [-0.15, -0.1) is 11.3 Å². The van der Waals surface area contributed by atoms with Crippen LogP contribution in [-0.4, -0.2) is 43.2 Å². The van der Waals surface area contributed by atoms with E-state index in [9.17, 15) is 9.59 Å². The lowest BCUT2D eigenvalue weighted by molar-refractivity contribution is 0.0940. The molecule has 1 saturated heterocycles. The summed E-state index contributed by atoms with van der Waals surface area (Å²) in [5.41, 5.74) is 5.62. The molecule has 0 spiro atoms. The van der Waals surface area contributed by atoms with Crippen LogP contribution >= 0.6 is 11.3 Å². The first-order valence-electron chi connectivity index (χ1n) is 7.88. The van der Waals surface area contributed by atoms with Gasteiger partial charge in [0.1, 0.15) is 5.82 Å². The van der Waals surface area contributed by atoms with E-state index in [-0.39, 0.29) is 5.91 Å². The van der Waals surface area contributed by atoms with Crippen LogP contribution in [0, 0.1) is 0 Å². The highest BCUT2D eigenvalue weighted by atomic mass is 32.1. The molecule has 132 valence electrons. The van der Waals surface area contributed by atoms with Gasteiger partial charge in [-0.3, -0.25) is 10.2 Å². The highest BCUT2D eigenvalue weighted by molar-refractivity contribution is 7.12. The number of nitrogens with zero attached hydrogens (tertiary/aromatic N) is 2. The molecule has 3 heterocycles. The van der Waals surface area contributed by atoms with Gasteiger partial charge in [-0.2, -0.15) is 0 Å². The van der Waals surface area contributed by atoms with Crippen LogP contribution in [0.25, 0.3) is 0 Å². The fourth-order valence-electron chi connectivity index (χ4n) is 2.35. The highest BCUT2D eigenvalue weighted by Crippen LogP contribution is 2.14. The van der Waals surface area contributed by atoms with Crippen LogP contribution in [0.5, 0.6) is 0 Å². The van der Waals surface area contributed by atoms with Crippen molar-refractivity contribution >= 4 is 29.1 Å². The Bertz CT molecular complexity index is 716. The maximum absolute atomic E-state index is 11.8. The van der Waals surface area contributed by atoms with Crippen molar-refractivity contribution in [1.82, 2.24) is 21.2 Å². The third kappa shape index (κ3) is 4.91. The molecule has 2 aromatic rings. The quantitative estimate of drug-likeness (QED) is 0.710. The summed E-state index contributed by atoms with van der Waals surface area (Å²) in [5.74, 6) is 0.526. The molecule has 9 heteroatoms. The monoisotopic (exact) mass is 361 g/mol. The Morgan fingerprint density at radius 2 is 2.08 bits per heavy atom. The van der Waals surface area contributed by atoms with E-state index in [1.165, 1.54) is 11.3 Å². The normalized spacial score (nSPS) is 14.0. The largest absolute Gasteiger partial charge is 0.378 e. The molecule has 0 aliphatic carbocycles. The summed E-state index contributed by atoms with van der Waals surface area (Å²) in [6, 6.07) is 6.76. The summed E-state index contributed by atoms with van der Waals surface area (Å²) in [7, 11) is 0. The van der Waals surface area contributed by atoms with E-state index in [1.54, 1.807) is 23.7 Å². The van der Waals surface area contributed by atoms with E-state index >= 15 is 0 Å². The molecule has 1 aliphatic heterocycles. The Morgan fingerprint density at radius 3 is 2.84 bits per heavy atom. The molecule has 0 aromatic carbocycles. The summed E-state index contributed by atoms with van der Waals surface area (Å²) in [6.45, 7) is 3.33. The van der Waals surface area contributed by atoms with E-state index in [4.69, 9.17) is 4.74 Å². The van der Waals surface area contributed by atoms with E-state index in [0.717, 1.165) is 24.5 Å². The number of carbonyl (C=O) groups is 2. The first kappa shape index (κ1) is 17.2. The summed E-state index contributed by atoms with van der Waals surface area (Å²) >= 11 is 1.30. The lowest BCUT2D eigenvalue weighted by atomic mass is 10.2. The number of carbonyl (C=O) groups excluding carboxylic acids is 2. The zero-order chi connectivity index (χ0) is 17.5. The minimum absolute atomic E-state index is 0.334. The molecule has 3 rings (SSSR count). The zero-order valence-electron chi connectivity index (χ0n) is 13.5. The number of hydrogen-bond acceptors (Lipinski definition) is 6. The van der Waals surface area contributed by atoms with Crippen molar-refractivity contribution in [3.05, 3.63) is 46.3 Å². The number of anilines is 1. The second-order valence-corrected chi connectivity index (χ2v) is 6.31. The second-order valence-electron chi connectivity index (χ2n) is 5.36. The number of pyridine rings is 1. The molecule has 0 bridgehead atoms. The van der Waals surface area contributed by atoms with Gasteiger partial charge in [0, 0.05) is 25.8 Å². The Balaban J connectivity index is 1.46. The molecule has 3 amide bonds. The molecule has 1 fully saturated rings. The molecule has 0 atom stereocenters. The highest BCUT2D eigenvalue weighted by Gasteiger charge is 2.13. The van der Waals surface area contributed by atoms with Crippen LogP contribution in [0.2, 0.25) is 0 Å². The van der Waals surface area contributed by atoms with E-state index in [0.29, 0.717) is 24.6 Å². The van der Waals surface area contributed by atoms with Crippen molar-refractivity contribution < 1.29 is 14.3 Å². The van der Waals surface area contributed by atoms with Gasteiger partial charge in [-0.25, -0.2) is 15.2 Å². The number of nitrogens with one attached hydrogen (secondary N) is 3. The lowest BCUT2D eigenvalue weighted by Gasteiger charge is -2.28. The maximum atomic E-state index is 11.8. The van der Waals surface area contributed by atoms with Crippen molar-refractivity contribution in [2.24, 2.45) is 0 Å². The van der Waals surface area contributed by atoms with E-state index in [2.05, 4.69) is 26.1 Å². The minimum atomic E-state index is -0.477. The number of ether oxygens (including phenoxy) is 1. The van der Waals surface area contributed by atoms with Crippen molar-refractivity contribution in [2.45, 2.75) is 6.54 Å². The second kappa shape index (κ2) is 8.45. The average Bonchev–Trinajstić information content (AvgIpc) is 3.20. The number of aromatic nitrogens is 1. The smallest absolute Gasteiger partial charge is 0.333 e. The zero-order valence-corrected chi connectivity index (χ0v) is 14.3. The number of urea groups is 1. The Morgan fingerprint density at radius 1 is 1.24 bits per heavy atom. The predicted molar refractivity (Wildman–Crippen MR) is 94.4 cm³/mol. The SMILES string of the molecule is O=C(NCc1ccnc(N2CCOCC2)c1)NNC(=O)c1cccs1. The van der Waals surface area contributed by atoms with E-state index in [1.807, 2.05) is 12.1 Å². The lowest BCUT2D eigenvalue weighted by Crippen LogP contribution is -2.46. The molecule has 1 aliphatic rings. The Kier molecular flexibility index (Phi) is 5.81. The van der Waals surface area contributed by atoms with Gasteiger partial charge in [0.25, 0.3) is 5.91 Å². The number of morpholine rings is 1. The number of hydrazine groups is 1. The van der Waals surface area contributed by atoms with Crippen molar-refractivity contribution in [1.29, 1.82) is 0 Å². The molecule has 2 aromatic heterocycles. The summed E-state index contributed by atoms with van der Waals surface area (Å²) in [4.78, 5) is 30.6. The maximum Gasteiger partial charge on any atom is 0.333 e. The van der Waals surface area contributed by atoms with Gasteiger partial charge >= 0.3 is 6.03 Å².